The molecule has 1 heterocycles. The number of aldehydes is 1. The van der Waals surface area contributed by atoms with Crippen molar-refractivity contribution in [2.24, 2.45) is 0 Å². The Kier molecular flexibility index (Phi) is 6.54. The first kappa shape index (κ1) is 14.8. The third-order valence-electron chi connectivity index (χ3n) is 3.02. The van der Waals surface area contributed by atoms with Crippen LogP contribution in [0.2, 0.25) is 0 Å². The van der Waals surface area contributed by atoms with Gasteiger partial charge in [-0.2, -0.15) is 0 Å². The summed E-state index contributed by atoms with van der Waals surface area (Å²) in [6.45, 7) is 4.34. The summed E-state index contributed by atoms with van der Waals surface area (Å²) in [6, 6.07) is 4.51. The Hall–Kier alpha value is -1.26. The first-order chi connectivity index (χ1) is 8.71. The Bertz CT molecular complexity index is 376. The van der Waals surface area contributed by atoms with E-state index in [-0.39, 0.29) is 5.82 Å². The molecule has 1 fully saturated rings. The number of nitrogens with one attached hydrogen (secondary N) is 1. The highest BCUT2D eigenvalue weighted by Crippen LogP contribution is 2.09. The molecule has 18 heavy (non-hydrogen) atoms. The molecule has 1 saturated heterocycles. The maximum atomic E-state index is 12.9. The standard InChI is InChI=1S/C9H9FO.C5H12N2/c1-2-8-4-3-7(6-11)5-9(8)10;1-6-7-4-2-3-5-7/h3-6H,2H2,1H3;6H,2-5H2,1H3. The molecule has 0 aliphatic carbocycles. The van der Waals surface area contributed by atoms with Crippen LogP contribution in [0.1, 0.15) is 35.7 Å². The first-order valence-electron chi connectivity index (χ1n) is 6.37. The van der Waals surface area contributed by atoms with Gasteiger partial charge in [-0.3, -0.25) is 10.2 Å². The predicted molar refractivity (Wildman–Crippen MR) is 71.0 cm³/mol. The van der Waals surface area contributed by atoms with Crippen molar-refractivity contribution < 1.29 is 9.18 Å². The zero-order valence-electron chi connectivity index (χ0n) is 11.1. The molecule has 3 nitrogen and oxygen atoms in total. The highest BCUT2D eigenvalue weighted by Gasteiger charge is 2.06. The van der Waals surface area contributed by atoms with E-state index in [9.17, 15) is 9.18 Å². The van der Waals surface area contributed by atoms with Gasteiger partial charge in [0.2, 0.25) is 0 Å². The van der Waals surface area contributed by atoms with Gasteiger partial charge in [0.25, 0.3) is 0 Å². The van der Waals surface area contributed by atoms with Gasteiger partial charge in [-0.15, -0.1) is 0 Å². The molecule has 0 unspecified atom stereocenters. The van der Waals surface area contributed by atoms with Gasteiger partial charge >= 0.3 is 0 Å². The molecule has 0 saturated carbocycles. The Morgan fingerprint density at radius 3 is 2.44 bits per heavy atom. The van der Waals surface area contributed by atoms with Crippen molar-refractivity contribution in [2.75, 3.05) is 20.1 Å². The third-order valence-corrected chi connectivity index (χ3v) is 3.02. The molecule has 100 valence electrons. The lowest BCUT2D eigenvalue weighted by Gasteiger charge is -2.10. The number of rotatable bonds is 3. The highest BCUT2D eigenvalue weighted by atomic mass is 19.1. The molecule has 1 aromatic rings. The maximum Gasteiger partial charge on any atom is 0.150 e. The smallest absolute Gasteiger partial charge is 0.150 e. The fraction of sp³-hybridized carbons (Fsp3) is 0.500. The van der Waals surface area contributed by atoms with Crippen LogP contribution in [-0.4, -0.2) is 31.4 Å². The van der Waals surface area contributed by atoms with Crippen molar-refractivity contribution in [3.05, 3.63) is 35.1 Å². The topological polar surface area (TPSA) is 32.3 Å². The summed E-state index contributed by atoms with van der Waals surface area (Å²) in [4.78, 5) is 10.2. The fourth-order valence-electron chi connectivity index (χ4n) is 1.86. The molecule has 4 heteroatoms. The zero-order valence-corrected chi connectivity index (χ0v) is 11.1. The largest absolute Gasteiger partial charge is 0.298 e. The SMILES string of the molecule is CCc1ccc(C=O)cc1F.CNN1CCCC1. The van der Waals surface area contributed by atoms with Crippen LogP contribution < -0.4 is 5.43 Å². The van der Waals surface area contributed by atoms with E-state index in [0.29, 0.717) is 23.8 Å². The van der Waals surface area contributed by atoms with E-state index in [1.807, 2.05) is 14.0 Å². The molecular formula is C14H21FN2O. The van der Waals surface area contributed by atoms with Crippen LogP contribution in [0.25, 0.3) is 0 Å². The summed E-state index contributed by atoms with van der Waals surface area (Å²) >= 11 is 0. The number of halogens is 1. The van der Waals surface area contributed by atoms with Gasteiger partial charge in [-0.05, 0) is 37.9 Å². The fourth-order valence-corrected chi connectivity index (χ4v) is 1.86. The number of carbonyl (C=O) groups is 1. The molecule has 0 bridgehead atoms. The van der Waals surface area contributed by atoms with Crippen molar-refractivity contribution in [3.8, 4) is 0 Å². The van der Waals surface area contributed by atoms with Crippen LogP contribution in [0.5, 0.6) is 0 Å². The molecule has 2 rings (SSSR count). The normalized spacial score (nSPS) is 15.1. The minimum atomic E-state index is -0.294. The summed E-state index contributed by atoms with van der Waals surface area (Å²) in [5, 5.41) is 2.24. The molecule has 1 aliphatic rings. The Balaban J connectivity index is 0.000000199. The minimum Gasteiger partial charge on any atom is -0.298 e. The van der Waals surface area contributed by atoms with Gasteiger partial charge in [0.15, 0.2) is 0 Å². The van der Waals surface area contributed by atoms with Crippen LogP contribution in [-0.2, 0) is 6.42 Å². The van der Waals surface area contributed by atoms with Crippen molar-refractivity contribution in [1.29, 1.82) is 0 Å². The van der Waals surface area contributed by atoms with Crippen LogP contribution in [0, 0.1) is 5.82 Å². The summed E-state index contributed by atoms with van der Waals surface area (Å²) in [5.41, 5.74) is 4.13. The molecule has 0 spiro atoms. The van der Waals surface area contributed by atoms with Crippen LogP contribution in [0.3, 0.4) is 0 Å². The minimum absolute atomic E-state index is 0.294. The van der Waals surface area contributed by atoms with Gasteiger partial charge in [0.1, 0.15) is 12.1 Å². The molecule has 0 aromatic heterocycles. The molecule has 1 N–H and O–H groups in total. The Morgan fingerprint density at radius 1 is 1.39 bits per heavy atom. The number of benzene rings is 1. The lowest BCUT2D eigenvalue weighted by atomic mass is 10.1. The van der Waals surface area contributed by atoms with E-state index in [1.165, 1.54) is 32.0 Å². The van der Waals surface area contributed by atoms with Crippen LogP contribution >= 0.6 is 0 Å². The summed E-state index contributed by atoms with van der Waals surface area (Å²) in [6.07, 6.45) is 4.02. The second kappa shape index (κ2) is 7.95. The highest BCUT2D eigenvalue weighted by molar-refractivity contribution is 5.74. The molecular weight excluding hydrogens is 231 g/mol. The van der Waals surface area contributed by atoms with Gasteiger partial charge in [0, 0.05) is 18.7 Å². The quantitative estimate of drug-likeness (QED) is 0.838. The van der Waals surface area contributed by atoms with Gasteiger partial charge in [-0.25, -0.2) is 9.40 Å². The van der Waals surface area contributed by atoms with Crippen molar-refractivity contribution >= 4 is 6.29 Å². The van der Waals surface area contributed by atoms with Crippen LogP contribution in [0.4, 0.5) is 4.39 Å². The number of aryl methyl sites for hydroxylation is 1. The number of nitrogens with zero attached hydrogens (tertiary/aromatic N) is 1. The van der Waals surface area contributed by atoms with Gasteiger partial charge in [0.05, 0.1) is 0 Å². The van der Waals surface area contributed by atoms with Crippen molar-refractivity contribution in [2.45, 2.75) is 26.2 Å². The lowest BCUT2D eigenvalue weighted by Crippen LogP contribution is -2.31. The predicted octanol–water partition coefficient (Wildman–Crippen LogP) is 2.42. The number of hydrogen-bond donors (Lipinski definition) is 1. The van der Waals surface area contributed by atoms with E-state index in [2.05, 4.69) is 10.4 Å². The molecule has 1 aliphatic heterocycles. The summed E-state index contributed by atoms with van der Waals surface area (Å²) in [5.74, 6) is -0.294. The average Bonchev–Trinajstić information content (AvgIpc) is 2.92. The number of hydrogen-bond acceptors (Lipinski definition) is 3. The summed E-state index contributed by atoms with van der Waals surface area (Å²) < 4.78 is 12.9. The zero-order chi connectivity index (χ0) is 13.4. The molecule has 0 atom stereocenters. The first-order valence-corrected chi connectivity index (χ1v) is 6.37. The van der Waals surface area contributed by atoms with Gasteiger partial charge in [-0.1, -0.05) is 19.1 Å². The van der Waals surface area contributed by atoms with E-state index < -0.39 is 0 Å². The van der Waals surface area contributed by atoms with Crippen molar-refractivity contribution in [1.82, 2.24) is 10.4 Å². The second-order valence-corrected chi connectivity index (χ2v) is 4.24. The van der Waals surface area contributed by atoms with E-state index in [1.54, 1.807) is 12.1 Å². The monoisotopic (exact) mass is 252 g/mol. The molecule has 1 aromatic carbocycles. The van der Waals surface area contributed by atoms with E-state index in [4.69, 9.17) is 0 Å². The number of carbonyl (C=O) groups excluding carboxylic acids is 1. The average molecular weight is 252 g/mol. The lowest BCUT2D eigenvalue weighted by molar-refractivity contribution is 0.112. The molecule has 0 amide bonds. The third kappa shape index (κ3) is 4.55. The maximum absolute atomic E-state index is 12.9. The van der Waals surface area contributed by atoms with Gasteiger partial charge < -0.3 is 0 Å². The molecule has 0 radical (unpaired) electrons. The van der Waals surface area contributed by atoms with E-state index >= 15 is 0 Å². The van der Waals surface area contributed by atoms with E-state index in [0.717, 1.165) is 0 Å². The second-order valence-electron chi connectivity index (χ2n) is 4.24. The summed E-state index contributed by atoms with van der Waals surface area (Å²) in [7, 11) is 1.98. The Labute approximate surface area is 108 Å². The van der Waals surface area contributed by atoms with Crippen LogP contribution in [0.15, 0.2) is 18.2 Å². The van der Waals surface area contributed by atoms with Crippen molar-refractivity contribution in [3.63, 3.8) is 0 Å². The number of hydrazine groups is 1. The Morgan fingerprint density at radius 2 is 2.06 bits per heavy atom.